The Hall–Kier alpha value is -1.42. The Morgan fingerprint density at radius 1 is 1.40 bits per heavy atom. The molecule has 0 fully saturated rings. The molecule has 0 aliphatic carbocycles. The molecule has 2 rings (SSSR count). The average Bonchev–Trinajstić information content (AvgIpc) is 3.05. The number of guanidine groups is 1. The van der Waals surface area contributed by atoms with Crippen molar-refractivity contribution in [2.75, 3.05) is 27.2 Å². The molecule has 2 aromatic rings. The summed E-state index contributed by atoms with van der Waals surface area (Å²) in [5, 5.41) is 4.31. The van der Waals surface area contributed by atoms with E-state index in [2.05, 4.69) is 22.2 Å². The molecular weight excluding hydrogens is 454 g/mol. The standard InChI is InChI=1S/C17H23FN4OS.HI/c1-4-13-11-20-16(24-13)12-21-17(19-2)22(3)9-10-23-15-8-6-5-7-14(15)18;/h5-8,11H,4,9-10,12H2,1-3H3,(H,19,21);1H. The Labute approximate surface area is 169 Å². The summed E-state index contributed by atoms with van der Waals surface area (Å²) in [6.07, 6.45) is 2.91. The van der Waals surface area contributed by atoms with Crippen molar-refractivity contribution in [3.63, 3.8) is 0 Å². The number of aliphatic imine (C=N–C) groups is 1. The molecule has 0 radical (unpaired) electrons. The molecule has 0 saturated heterocycles. The first kappa shape index (κ1) is 21.6. The maximum absolute atomic E-state index is 13.5. The zero-order valence-electron chi connectivity index (χ0n) is 14.7. The van der Waals surface area contributed by atoms with E-state index in [0.29, 0.717) is 19.7 Å². The maximum Gasteiger partial charge on any atom is 0.193 e. The molecule has 5 nitrogen and oxygen atoms in total. The summed E-state index contributed by atoms with van der Waals surface area (Å²) >= 11 is 1.70. The third-order valence-corrected chi connectivity index (χ3v) is 4.58. The van der Waals surface area contributed by atoms with E-state index in [1.54, 1.807) is 36.6 Å². The summed E-state index contributed by atoms with van der Waals surface area (Å²) < 4.78 is 19.0. The van der Waals surface area contributed by atoms with Crippen LogP contribution in [0.1, 0.15) is 16.8 Å². The van der Waals surface area contributed by atoms with Crippen LogP contribution in [0.5, 0.6) is 5.75 Å². The van der Waals surface area contributed by atoms with Crippen LogP contribution in [-0.4, -0.2) is 43.1 Å². The minimum absolute atomic E-state index is 0. The predicted molar refractivity (Wildman–Crippen MR) is 112 cm³/mol. The van der Waals surface area contributed by atoms with Crippen molar-refractivity contribution >= 4 is 41.3 Å². The van der Waals surface area contributed by atoms with Gasteiger partial charge >= 0.3 is 0 Å². The van der Waals surface area contributed by atoms with Crippen molar-refractivity contribution < 1.29 is 9.13 Å². The molecule has 1 N–H and O–H groups in total. The van der Waals surface area contributed by atoms with Gasteiger partial charge in [0.15, 0.2) is 17.5 Å². The fourth-order valence-corrected chi connectivity index (χ4v) is 2.89. The molecule has 8 heteroatoms. The second kappa shape index (κ2) is 11.2. The highest BCUT2D eigenvalue weighted by Crippen LogP contribution is 2.15. The molecule has 138 valence electrons. The molecule has 0 spiro atoms. The van der Waals surface area contributed by atoms with E-state index in [9.17, 15) is 4.39 Å². The van der Waals surface area contributed by atoms with Gasteiger partial charge in [-0.3, -0.25) is 4.99 Å². The lowest BCUT2D eigenvalue weighted by Gasteiger charge is -2.21. The number of halogens is 2. The van der Waals surface area contributed by atoms with E-state index < -0.39 is 0 Å². The van der Waals surface area contributed by atoms with Crippen LogP contribution in [0.2, 0.25) is 0 Å². The maximum atomic E-state index is 13.5. The normalized spacial score (nSPS) is 11.0. The van der Waals surface area contributed by atoms with E-state index in [-0.39, 0.29) is 35.5 Å². The molecule has 1 aromatic heterocycles. The van der Waals surface area contributed by atoms with E-state index in [1.807, 2.05) is 18.1 Å². The quantitative estimate of drug-likeness (QED) is 0.376. The van der Waals surface area contributed by atoms with Crippen molar-refractivity contribution in [2.45, 2.75) is 19.9 Å². The second-order valence-electron chi connectivity index (χ2n) is 5.18. The van der Waals surface area contributed by atoms with E-state index >= 15 is 0 Å². The Bertz CT molecular complexity index is 680. The number of para-hydroxylation sites is 1. The Kier molecular flexibility index (Phi) is 9.73. The molecule has 1 heterocycles. The third kappa shape index (κ3) is 6.77. The molecule has 0 saturated carbocycles. The lowest BCUT2D eigenvalue weighted by atomic mass is 10.3. The number of benzene rings is 1. The number of thiazole rings is 1. The Balaban J connectivity index is 0.00000312. The Morgan fingerprint density at radius 3 is 2.80 bits per heavy atom. The fourth-order valence-electron chi connectivity index (χ4n) is 2.09. The van der Waals surface area contributed by atoms with Gasteiger partial charge in [-0.2, -0.15) is 0 Å². The molecule has 0 amide bonds. The van der Waals surface area contributed by atoms with Crippen LogP contribution < -0.4 is 10.1 Å². The molecule has 25 heavy (non-hydrogen) atoms. The van der Waals surface area contributed by atoms with Gasteiger partial charge in [0.25, 0.3) is 0 Å². The van der Waals surface area contributed by atoms with Crippen LogP contribution >= 0.6 is 35.3 Å². The summed E-state index contributed by atoms with van der Waals surface area (Å²) in [6.45, 7) is 3.71. The summed E-state index contributed by atoms with van der Waals surface area (Å²) in [4.78, 5) is 11.8. The van der Waals surface area contributed by atoms with E-state index in [4.69, 9.17) is 4.74 Å². The van der Waals surface area contributed by atoms with Crippen molar-refractivity contribution in [2.24, 2.45) is 4.99 Å². The molecule has 1 aromatic carbocycles. The first-order valence-corrected chi connectivity index (χ1v) is 8.68. The van der Waals surface area contributed by atoms with Crippen LogP contribution in [0.3, 0.4) is 0 Å². The number of nitrogens with zero attached hydrogens (tertiary/aromatic N) is 3. The van der Waals surface area contributed by atoms with Gasteiger partial charge in [-0.25, -0.2) is 9.37 Å². The fraction of sp³-hybridized carbons (Fsp3) is 0.412. The number of nitrogens with one attached hydrogen (secondary N) is 1. The molecule has 0 aliphatic rings. The van der Waals surface area contributed by atoms with Gasteiger partial charge < -0.3 is 15.0 Å². The van der Waals surface area contributed by atoms with Gasteiger partial charge in [-0.15, -0.1) is 35.3 Å². The van der Waals surface area contributed by atoms with Gasteiger partial charge in [0.05, 0.1) is 13.1 Å². The number of ether oxygens (including phenoxy) is 1. The van der Waals surface area contributed by atoms with Gasteiger partial charge in [-0.1, -0.05) is 19.1 Å². The monoisotopic (exact) mass is 478 g/mol. The highest BCUT2D eigenvalue weighted by atomic mass is 127. The highest BCUT2D eigenvalue weighted by molar-refractivity contribution is 14.0. The van der Waals surface area contributed by atoms with Crippen molar-refractivity contribution in [3.05, 3.63) is 46.2 Å². The zero-order chi connectivity index (χ0) is 17.4. The third-order valence-electron chi connectivity index (χ3n) is 3.44. The number of aryl methyl sites for hydroxylation is 1. The van der Waals surface area contributed by atoms with Gasteiger partial charge in [0, 0.05) is 25.2 Å². The number of likely N-dealkylation sites (N-methyl/N-ethyl adjacent to an activating group) is 1. The molecule has 0 aliphatic heterocycles. The van der Waals surface area contributed by atoms with Crippen LogP contribution in [0.4, 0.5) is 4.39 Å². The molecule has 0 bridgehead atoms. The van der Waals surface area contributed by atoms with Crippen molar-refractivity contribution in [1.82, 2.24) is 15.2 Å². The van der Waals surface area contributed by atoms with Crippen LogP contribution in [0.25, 0.3) is 0 Å². The van der Waals surface area contributed by atoms with Crippen molar-refractivity contribution in [3.8, 4) is 5.75 Å². The summed E-state index contributed by atoms with van der Waals surface area (Å²) in [5.41, 5.74) is 0. The largest absolute Gasteiger partial charge is 0.489 e. The van der Waals surface area contributed by atoms with Gasteiger partial charge in [0.1, 0.15) is 11.6 Å². The minimum atomic E-state index is -0.349. The smallest absolute Gasteiger partial charge is 0.193 e. The molecule has 0 atom stereocenters. The minimum Gasteiger partial charge on any atom is -0.489 e. The molecular formula is C17H24FIN4OS. The lowest BCUT2D eigenvalue weighted by Crippen LogP contribution is -2.40. The highest BCUT2D eigenvalue weighted by Gasteiger charge is 2.08. The number of hydrogen-bond acceptors (Lipinski definition) is 4. The second-order valence-corrected chi connectivity index (χ2v) is 6.37. The van der Waals surface area contributed by atoms with Crippen molar-refractivity contribution in [1.29, 1.82) is 0 Å². The predicted octanol–water partition coefficient (Wildman–Crippen LogP) is 3.55. The summed E-state index contributed by atoms with van der Waals surface area (Å²) in [5.74, 6) is 0.669. The van der Waals surface area contributed by atoms with Gasteiger partial charge in [0.2, 0.25) is 0 Å². The molecule has 0 unspecified atom stereocenters. The first-order chi connectivity index (χ1) is 11.6. The van der Waals surface area contributed by atoms with E-state index in [0.717, 1.165) is 17.4 Å². The SMILES string of the molecule is CCc1cnc(CNC(=NC)N(C)CCOc2ccccc2F)s1.I. The number of hydrogen-bond donors (Lipinski definition) is 1. The number of aromatic nitrogens is 1. The summed E-state index contributed by atoms with van der Waals surface area (Å²) in [6, 6.07) is 6.40. The number of rotatable bonds is 7. The van der Waals surface area contributed by atoms with Crippen LogP contribution in [-0.2, 0) is 13.0 Å². The van der Waals surface area contributed by atoms with E-state index in [1.165, 1.54) is 10.9 Å². The lowest BCUT2D eigenvalue weighted by molar-refractivity contribution is 0.270. The van der Waals surface area contributed by atoms with Crippen LogP contribution in [0, 0.1) is 5.82 Å². The van der Waals surface area contributed by atoms with Gasteiger partial charge in [-0.05, 0) is 18.6 Å². The first-order valence-electron chi connectivity index (χ1n) is 7.86. The summed E-state index contributed by atoms with van der Waals surface area (Å²) in [7, 11) is 3.65. The average molecular weight is 478 g/mol. The topological polar surface area (TPSA) is 49.8 Å². The van der Waals surface area contributed by atoms with Crippen LogP contribution in [0.15, 0.2) is 35.5 Å². The Morgan fingerprint density at radius 2 is 2.16 bits per heavy atom. The zero-order valence-corrected chi connectivity index (χ0v) is 17.8.